The monoisotopic (exact) mass is 286 g/mol. The molecule has 1 saturated carbocycles. The van der Waals surface area contributed by atoms with Gasteiger partial charge in [0.15, 0.2) is 0 Å². The van der Waals surface area contributed by atoms with Crippen molar-refractivity contribution in [2.24, 2.45) is 5.73 Å². The molecule has 0 aromatic heterocycles. The Morgan fingerprint density at radius 2 is 2.13 bits per heavy atom. The van der Waals surface area contributed by atoms with Crippen LogP contribution in [0.2, 0.25) is 0 Å². The maximum absolute atomic E-state index is 6.05. The number of benzene rings is 1. The molecule has 1 aliphatic rings. The lowest BCUT2D eigenvalue weighted by Gasteiger charge is -2.15. The summed E-state index contributed by atoms with van der Waals surface area (Å²) < 4.78 is 1.08. The van der Waals surface area contributed by atoms with Crippen molar-refractivity contribution in [1.29, 1.82) is 0 Å². The molecule has 0 saturated heterocycles. The van der Waals surface area contributed by atoms with Crippen LogP contribution in [0.3, 0.4) is 0 Å². The molecule has 1 aliphatic carbocycles. The lowest BCUT2D eigenvalue weighted by atomic mass is 10.3. The third-order valence-corrected chi connectivity index (χ3v) is 5.15. The molecule has 2 rings (SSSR count). The molecule has 2 atom stereocenters. The van der Waals surface area contributed by atoms with Gasteiger partial charge in [0.1, 0.15) is 0 Å². The maximum atomic E-state index is 6.05. The van der Waals surface area contributed by atoms with E-state index in [4.69, 9.17) is 11.5 Å². The van der Waals surface area contributed by atoms with Gasteiger partial charge in [0.25, 0.3) is 0 Å². The Hall–Kier alpha value is -0.190. The Morgan fingerprint density at radius 1 is 1.33 bits per heavy atom. The molecule has 0 spiro atoms. The van der Waals surface area contributed by atoms with Crippen molar-refractivity contribution in [3.63, 3.8) is 0 Å². The van der Waals surface area contributed by atoms with Gasteiger partial charge in [-0.2, -0.15) is 0 Å². The fraction of sp³-hybridized carbons (Fsp3) is 0.455. The van der Waals surface area contributed by atoms with Crippen LogP contribution in [0, 0.1) is 0 Å². The van der Waals surface area contributed by atoms with Crippen molar-refractivity contribution in [2.75, 3.05) is 5.73 Å². The first kappa shape index (κ1) is 11.3. The SMILES string of the molecule is Nc1ccc(SC2CCCC2N)c(Br)c1. The first-order valence-electron chi connectivity index (χ1n) is 5.14. The van der Waals surface area contributed by atoms with Crippen LogP contribution in [0.25, 0.3) is 0 Å². The van der Waals surface area contributed by atoms with Gasteiger partial charge in [-0.3, -0.25) is 0 Å². The second kappa shape index (κ2) is 4.76. The molecule has 15 heavy (non-hydrogen) atoms. The number of thioether (sulfide) groups is 1. The second-order valence-corrected chi connectivity index (χ2v) is 6.08. The van der Waals surface area contributed by atoms with Crippen LogP contribution < -0.4 is 11.5 Å². The fourth-order valence-corrected chi connectivity index (χ4v) is 3.79. The van der Waals surface area contributed by atoms with Gasteiger partial charge in [-0.1, -0.05) is 6.42 Å². The van der Waals surface area contributed by atoms with Gasteiger partial charge in [0, 0.05) is 26.3 Å². The van der Waals surface area contributed by atoms with Gasteiger partial charge in [-0.05, 0) is 47.0 Å². The first-order valence-corrected chi connectivity index (χ1v) is 6.81. The van der Waals surface area contributed by atoms with Crippen LogP contribution in [-0.2, 0) is 0 Å². The molecule has 1 aromatic rings. The fourth-order valence-electron chi connectivity index (χ4n) is 1.88. The molecule has 0 aliphatic heterocycles. The van der Waals surface area contributed by atoms with Crippen LogP contribution >= 0.6 is 27.7 Å². The van der Waals surface area contributed by atoms with Crippen LogP contribution in [0.4, 0.5) is 5.69 Å². The molecule has 1 aromatic carbocycles. The van der Waals surface area contributed by atoms with Crippen molar-refractivity contribution in [3.8, 4) is 0 Å². The van der Waals surface area contributed by atoms with Crippen molar-refractivity contribution in [3.05, 3.63) is 22.7 Å². The van der Waals surface area contributed by atoms with E-state index in [1.807, 2.05) is 23.9 Å². The summed E-state index contributed by atoms with van der Waals surface area (Å²) in [5.74, 6) is 0. The molecular weight excluding hydrogens is 272 g/mol. The molecule has 0 radical (unpaired) electrons. The molecule has 2 nitrogen and oxygen atoms in total. The molecule has 1 fully saturated rings. The largest absolute Gasteiger partial charge is 0.399 e. The number of halogens is 1. The zero-order chi connectivity index (χ0) is 10.8. The van der Waals surface area contributed by atoms with E-state index in [9.17, 15) is 0 Å². The van der Waals surface area contributed by atoms with Crippen LogP contribution in [-0.4, -0.2) is 11.3 Å². The minimum Gasteiger partial charge on any atom is -0.399 e. The highest BCUT2D eigenvalue weighted by Crippen LogP contribution is 2.38. The number of anilines is 1. The summed E-state index contributed by atoms with van der Waals surface area (Å²) in [6.45, 7) is 0. The highest BCUT2D eigenvalue weighted by Gasteiger charge is 2.25. The van der Waals surface area contributed by atoms with Gasteiger partial charge in [-0.25, -0.2) is 0 Å². The average Bonchev–Trinajstić information content (AvgIpc) is 2.57. The van der Waals surface area contributed by atoms with Gasteiger partial charge in [-0.15, -0.1) is 11.8 Å². The van der Waals surface area contributed by atoms with Crippen molar-refractivity contribution in [1.82, 2.24) is 0 Å². The third-order valence-electron chi connectivity index (χ3n) is 2.74. The van der Waals surface area contributed by atoms with E-state index in [0.29, 0.717) is 11.3 Å². The van der Waals surface area contributed by atoms with E-state index in [2.05, 4.69) is 22.0 Å². The number of nitrogens with two attached hydrogens (primary N) is 2. The van der Waals surface area contributed by atoms with E-state index < -0.39 is 0 Å². The number of rotatable bonds is 2. The standard InChI is InChI=1S/C11H15BrN2S/c12-8-6-7(13)4-5-10(8)15-11-3-1-2-9(11)14/h4-6,9,11H,1-3,13-14H2. The van der Waals surface area contributed by atoms with Gasteiger partial charge >= 0.3 is 0 Å². The highest BCUT2D eigenvalue weighted by atomic mass is 79.9. The lowest BCUT2D eigenvalue weighted by Crippen LogP contribution is -2.26. The predicted molar refractivity (Wildman–Crippen MR) is 70.0 cm³/mol. The molecule has 4 N–H and O–H groups in total. The minimum absolute atomic E-state index is 0.347. The predicted octanol–water partition coefficient (Wildman–Crippen LogP) is 3.00. The minimum atomic E-state index is 0.347. The summed E-state index contributed by atoms with van der Waals surface area (Å²) in [5.41, 5.74) is 12.5. The molecule has 0 amide bonds. The highest BCUT2D eigenvalue weighted by molar-refractivity contribution is 9.10. The topological polar surface area (TPSA) is 52.0 Å². The molecular formula is C11H15BrN2S. The summed E-state index contributed by atoms with van der Waals surface area (Å²) in [5, 5.41) is 0.560. The molecule has 4 heteroatoms. The summed E-state index contributed by atoms with van der Waals surface area (Å²) in [6.07, 6.45) is 3.64. The molecule has 2 unspecified atom stereocenters. The number of hydrogen-bond acceptors (Lipinski definition) is 3. The summed E-state index contributed by atoms with van der Waals surface area (Å²) in [7, 11) is 0. The third kappa shape index (κ3) is 2.68. The van der Waals surface area contributed by atoms with E-state index in [0.717, 1.165) is 16.6 Å². The number of nitrogen functional groups attached to an aromatic ring is 1. The quantitative estimate of drug-likeness (QED) is 0.822. The Balaban J connectivity index is 2.10. The maximum Gasteiger partial charge on any atom is 0.0331 e. The molecule has 0 heterocycles. The van der Waals surface area contributed by atoms with Gasteiger partial charge in [0.2, 0.25) is 0 Å². The smallest absolute Gasteiger partial charge is 0.0331 e. The van der Waals surface area contributed by atoms with E-state index in [-0.39, 0.29) is 0 Å². The summed E-state index contributed by atoms with van der Waals surface area (Å²) in [6, 6.07) is 6.30. The van der Waals surface area contributed by atoms with Crippen LogP contribution in [0.5, 0.6) is 0 Å². The zero-order valence-corrected chi connectivity index (χ0v) is 10.9. The van der Waals surface area contributed by atoms with Gasteiger partial charge < -0.3 is 11.5 Å². The van der Waals surface area contributed by atoms with Crippen LogP contribution in [0.1, 0.15) is 19.3 Å². The Labute approximate surface area is 103 Å². The Bertz CT molecular complexity index is 356. The normalized spacial score (nSPS) is 25.7. The Kier molecular flexibility index (Phi) is 3.59. The Morgan fingerprint density at radius 3 is 2.73 bits per heavy atom. The first-order chi connectivity index (χ1) is 7.16. The molecule has 82 valence electrons. The van der Waals surface area contributed by atoms with Gasteiger partial charge in [0.05, 0.1) is 0 Å². The summed E-state index contributed by atoms with van der Waals surface area (Å²) >= 11 is 5.40. The van der Waals surface area contributed by atoms with Crippen molar-refractivity contribution in [2.45, 2.75) is 35.4 Å². The van der Waals surface area contributed by atoms with E-state index >= 15 is 0 Å². The van der Waals surface area contributed by atoms with Crippen LogP contribution in [0.15, 0.2) is 27.6 Å². The second-order valence-electron chi connectivity index (χ2n) is 3.94. The van der Waals surface area contributed by atoms with Crippen molar-refractivity contribution < 1.29 is 0 Å². The average molecular weight is 287 g/mol. The number of hydrogen-bond donors (Lipinski definition) is 2. The zero-order valence-electron chi connectivity index (χ0n) is 8.45. The molecule has 0 bridgehead atoms. The summed E-state index contributed by atoms with van der Waals surface area (Å²) in [4.78, 5) is 1.24. The lowest BCUT2D eigenvalue weighted by molar-refractivity contribution is 0.716. The van der Waals surface area contributed by atoms with E-state index in [1.54, 1.807) is 0 Å². The van der Waals surface area contributed by atoms with Crippen molar-refractivity contribution >= 4 is 33.4 Å². The van der Waals surface area contributed by atoms with E-state index in [1.165, 1.54) is 17.7 Å².